The van der Waals surface area contributed by atoms with Crippen LogP contribution < -0.4 is 9.64 Å². The Bertz CT molecular complexity index is 801. The lowest BCUT2D eigenvalue weighted by Gasteiger charge is -2.29. The summed E-state index contributed by atoms with van der Waals surface area (Å²) in [5.74, 6) is 1.52. The van der Waals surface area contributed by atoms with Crippen LogP contribution in [0.1, 0.15) is 28.8 Å². The minimum Gasteiger partial charge on any atom is -0.506 e. The predicted octanol–water partition coefficient (Wildman–Crippen LogP) is 4.04. The molecule has 0 atom stereocenters. The Kier molecular flexibility index (Phi) is 3.85. The molecule has 0 saturated heterocycles. The highest BCUT2D eigenvalue weighted by Gasteiger charge is 2.27. The average molecular weight is 344 g/mol. The number of hydrogen-bond donors (Lipinski definition) is 1. The second-order valence-electron chi connectivity index (χ2n) is 6.42. The molecule has 0 unspecified atom stereocenters. The number of amides is 1. The largest absolute Gasteiger partial charge is 0.506 e. The third-order valence-corrected chi connectivity index (χ3v) is 4.89. The van der Waals surface area contributed by atoms with E-state index in [-0.39, 0.29) is 16.7 Å². The smallest absolute Gasteiger partial charge is 0.258 e. The summed E-state index contributed by atoms with van der Waals surface area (Å²) in [5.41, 5.74) is 2.42. The van der Waals surface area contributed by atoms with Crippen molar-refractivity contribution in [2.24, 2.45) is 5.92 Å². The Hall–Kier alpha value is -2.20. The number of phenols is 1. The molecule has 1 N–H and O–H groups in total. The number of ether oxygens (including phenoxy) is 1. The molecule has 1 saturated carbocycles. The lowest BCUT2D eigenvalue weighted by atomic mass is 9.98. The van der Waals surface area contributed by atoms with E-state index < -0.39 is 0 Å². The van der Waals surface area contributed by atoms with Gasteiger partial charge < -0.3 is 14.7 Å². The number of phenolic OH excluding ortho intramolecular Hbond substituents is 1. The van der Waals surface area contributed by atoms with Crippen LogP contribution in [0.5, 0.6) is 11.5 Å². The van der Waals surface area contributed by atoms with Gasteiger partial charge in [0, 0.05) is 17.8 Å². The van der Waals surface area contributed by atoms with Gasteiger partial charge in [-0.2, -0.15) is 0 Å². The molecule has 1 aliphatic carbocycles. The van der Waals surface area contributed by atoms with Gasteiger partial charge in [-0.25, -0.2) is 0 Å². The molecule has 2 aromatic carbocycles. The van der Waals surface area contributed by atoms with Gasteiger partial charge in [-0.3, -0.25) is 4.79 Å². The first kappa shape index (κ1) is 15.3. The van der Waals surface area contributed by atoms with Crippen LogP contribution in [0, 0.1) is 5.92 Å². The van der Waals surface area contributed by atoms with E-state index in [1.807, 2.05) is 18.2 Å². The number of rotatable bonds is 4. The highest BCUT2D eigenvalue weighted by molar-refractivity contribution is 6.32. The van der Waals surface area contributed by atoms with Crippen molar-refractivity contribution in [3.8, 4) is 11.5 Å². The fourth-order valence-electron chi connectivity index (χ4n) is 2.96. The zero-order valence-corrected chi connectivity index (χ0v) is 13.9. The van der Waals surface area contributed by atoms with Crippen LogP contribution in [-0.2, 0) is 6.42 Å². The molecular formula is C19H18ClNO3. The van der Waals surface area contributed by atoms with Crippen molar-refractivity contribution in [1.29, 1.82) is 0 Å². The van der Waals surface area contributed by atoms with Crippen molar-refractivity contribution in [3.05, 3.63) is 52.5 Å². The van der Waals surface area contributed by atoms with Crippen molar-refractivity contribution in [2.75, 3.05) is 18.1 Å². The number of benzene rings is 2. The average Bonchev–Trinajstić information content (AvgIpc) is 3.40. The quantitative estimate of drug-likeness (QED) is 0.911. The predicted molar refractivity (Wildman–Crippen MR) is 93.2 cm³/mol. The van der Waals surface area contributed by atoms with Gasteiger partial charge in [0.15, 0.2) is 0 Å². The van der Waals surface area contributed by atoms with Gasteiger partial charge in [0.25, 0.3) is 5.91 Å². The van der Waals surface area contributed by atoms with Gasteiger partial charge >= 0.3 is 0 Å². The molecular weight excluding hydrogens is 326 g/mol. The summed E-state index contributed by atoms with van der Waals surface area (Å²) in [5, 5.41) is 9.79. The molecule has 4 rings (SSSR count). The number of aromatic hydroxyl groups is 1. The zero-order chi connectivity index (χ0) is 16.7. The lowest BCUT2D eigenvalue weighted by molar-refractivity contribution is 0.0980. The molecule has 1 heterocycles. The van der Waals surface area contributed by atoms with Crippen LogP contribution in [0.2, 0.25) is 5.02 Å². The molecule has 5 heteroatoms. The summed E-state index contributed by atoms with van der Waals surface area (Å²) in [6, 6.07) is 10.5. The summed E-state index contributed by atoms with van der Waals surface area (Å²) >= 11 is 5.96. The second kappa shape index (κ2) is 6.02. The molecule has 1 amide bonds. The van der Waals surface area contributed by atoms with E-state index in [4.69, 9.17) is 16.3 Å². The number of hydrogen-bond acceptors (Lipinski definition) is 3. The van der Waals surface area contributed by atoms with Crippen LogP contribution in [-0.4, -0.2) is 24.2 Å². The Labute approximate surface area is 145 Å². The van der Waals surface area contributed by atoms with Crippen molar-refractivity contribution in [2.45, 2.75) is 19.3 Å². The molecule has 4 nitrogen and oxygen atoms in total. The molecule has 0 radical (unpaired) electrons. The van der Waals surface area contributed by atoms with E-state index >= 15 is 0 Å². The maximum absolute atomic E-state index is 12.8. The van der Waals surface area contributed by atoms with E-state index in [2.05, 4.69) is 0 Å². The standard InChI is InChI=1S/C19H18ClNO3/c20-17-10-14(3-6-18(17)22)21-8-7-13-9-15(24-11-12-1-2-12)4-5-16(13)19(21)23/h3-6,9-10,12,22H,1-2,7-8,11H2. The van der Waals surface area contributed by atoms with Gasteiger partial charge in [-0.15, -0.1) is 0 Å². The van der Waals surface area contributed by atoms with Gasteiger partial charge in [-0.05, 0) is 67.1 Å². The number of fused-ring (bicyclic) bond motifs is 1. The van der Waals surface area contributed by atoms with Crippen LogP contribution in [0.4, 0.5) is 5.69 Å². The molecule has 0 aromatic heterocycles. The molecule has 1 fully saturated rings. The lowest BCUT2D eigenvalue weighted by Crippen LogP contribution is -2.37. The summed E-state index contributed by atoms with van der Waals surface area (Å²) in [7, 11) is 0. The highest BCUT2D eigenvalue weighted by atomic mass is 35.5. The van der Waals surface area contributed by atoms with E-state index in [1.54, 1.807) is 17.0 Å². The van der Waals surface area contributed by atoms with E-state index in [9.17, 15) is 9.90 Å². The minimum absolute atomic E-state index is 0.0164. The molecule has 2 aromatic rings. The van der Waals surface area contributed by atoms with Crippen molar-refractivity contribution >= 4 is 23.2 Å². The van der Waals surface area contributed by atoms with Gasteiger partial charge in [-0.1, -0.05) is 11.6 Å². The van der Waals surface area contributed by atoms with Crippen molar-refractivity contribution in [3.63, 3.8) is 0 Å². The van der Waals surface area contributed by atoms with Crippen molar-refractivity contribution in [1.82, 2.24) is 0 Å². The Morgan fingerprint density at radius 3 is 2.79 bits per heavy atom. The first-order valence-corrected chi connectivity index (χ1v) is 8.56. The summed E-state index contributed by atoms with van der Waals surface area (Å²) < 4.78 is 5.80. The molecule has 124 valence electrons. The maximum atomic E-state index is 12.8. The number of carbonyl (C=O) groups is 1. The number of carbonyl (C=O) groups excluding carboxylic acids is 1. The Morgan fingerprint density at radius 2 is 2.04 bits per heavy atom. The number of anilines is 1. The normalized spacial score (nSPS) is 16.9. The number of halogens is 1. The van der Waals surface area contributed by atoms with E-state index in [0.29, 0.717) is 23.7 Å². The highest BCUT2D eigenvalue weighted by Crippen LogP contribution is 2.33. The maximum Gasteiger partial charge on any atom is 0.258 e. The summed E-state index contributed by atoms with van der Waals surface area (Å²) in [4.78, 5) is 14.5. The molecule has 24 heavy (non-hydrogen) atoms. The molecule has 0 bridgehead atoms. The van der Waals surface area contributed by atoms with E-state index in [1.165, 1.54) is 18.9 Å². The summed E-state index contributed by atoms with van der Waals surface area (Å²) in [6.07, 6.45) is 3.28. The zero-order valence-electron chi connectivity index (χ0n) is 13.2. The van der Waals surface area contributed by atoms with Gasteiger partial charge in [0.1, 0.15) is 11.5 Å². The first-order chi connectivity index (χ1) is 11.6. The van der Waals surface area contributed by atoms with E-state index in [0.717, 1.165) is 24.3 Å². The summed E-state index contributed by atoms with van der Waals surface area (Å²) in [6.45, 7) is 1.35. The van der Waals surface area contributed by atoms with Crippen LogP contribution in [0.25, 0.3) is 0 Å². The fourth-order valence-corrected chi connectivity index (χ4v) is 3.14. The Morgan fingerprint density at radius 1 is 1.21 bits per heavy atom. The van der Waals surface area contributed by atoms with Gasteiger partial charge in [0.2, 0.25) is 0 Å². The third kappa shape index (κ3) is 2.94. The number of nitrogens with zero attached hydrogens (tertiary/aromatic N) is 1. The molecule has 0 spiro atoms. The third-order valence-electron chi connectivity index (χ3n) is 4.58. The Balaban J connectivity index is 1.56. The topological polar surface area (TPSA) is 49.8 Å². The monoisotopic (exact) mass is 343 g/mol. The van der Waals surface area contributed by atoms with Crippen LogP contribution in [0.15, 0.2) is 36.4 Å². The molecule has 2 aliphatic rings. The van der Waals surface area contributed by atoms with Crippen LogP contribution >= 0.6 is 11.6 Å². The SMILES string of the molecule is O=C1c2ccc(OCC3CC3)cc2CCN1c1ccc(O)c(Cl)c1. The first-order valence-electron chi connectivity index (χ1n) is 8.18. The second-order valence-corrected chi connectivity index (χ2v) is 6.82. The van der Waals surface area contributed by atoms with Crippen molar-refractivity contribution < 1.29 is 14.6 Å². The van der Waals surface area contributed by atoms with Gasteiger partial charge in [0.05, 0.1) is 11.6 Å². The fraction of sp³-hybridized carbons (Fsp3) is 0.316. The molecule has 1 aliphatic heterocycles. The van der Waals surface area contributed by atoms with Crippen LogP contribution in [0.3, 0.4) is 0 Å². The minimum atomic E-state index is -0.0493.